The van der Waals surface area contributed by atoms with Gasteiger partial charge in [-0.15, -0.1) is 0 Å². The lowest BCUT2D eigenvalue weighted by Crippen LogP contribution is -2.41. The molecule has 1 aliphatic rings. The third kappa shape index (κ3) is 3.25. The number of hydrogen-bond donors (Lipinski definition) is 0. The normalized spacial score (nSPS) is 15.4. The maximum absolute atomic E-state index is 5.93. The zero-order valence-corrected chi connectivity index (χ0v) is 13.5. The predicted molar refractivity (Wildman–Crippen MR) is 88.7 cm³/mol. The number of methoxy groups -OCH3 is 1. The monoisotopic (exact) mass is 297 g/mol. The van der Waals surface area contributed by atoms with Gasteiger partial charge in [-0.1, -0.05) is 35.9 Å². The highest BCUT2D eigenvalue weighted by atomic mass is 16.5. The number of nitrogens with zero attached hydrogens (tertiary/aromatic N) is 1. The molecule has 0 saturated carbocycles. The van der Waals surface area contributed by atoms with Crippen molar-refractivity contribution in [3.8, 4) is 11.5 Å². The third-order valence-electron chi connectivity index (χ3n) is 4.24. The average Bonchev–Trinajstić information content (AvgIpc) is 2.51. The van der Waals surface area contributed by atoms with E-state index < -0.39 is 0 Å². The molecule has 0 atom stereocenters. The quantitative estimate of drug-likeness (QED) is 0.841. The highest BCUT2D eigenvalue weighted by molar-refractivity contribution is 5.44. The molecular formula is C19H23NO2. The van der Waals surface area contributed by atoms with Gasteiger partial charge in [-0.3, -0.25) is 0 Å². The van der Waals surface area contributed by atoms with E-state index in [-0.39, 0.29) is 0 Å². The Morgan fingerprint density at radius 1 is 1.05 bits per heavy atom. The van der Waals surface area contributed by atoms with Gasteiger partial charge in [0.1, 0.15) is 6.61 Å². The van der Waals surface area contributed by atoms with Crippen LogP contribution in [-0.4, -0.2) is 32.1 Å². The minimum atomic E-state index is 0.558. The van der Waals surface area contributed by atoms with Crippen LogP contribution in [0.3, 0.4) is 0 Å². The van der Waals surface area contributed by atoms with E-state index in [9.17, 15) is 0 Å². The van der Waals surface area contributed by atoms with Gasteiger partial charge in [0.25, 0.3) is 0 Å². The van der Waals surface area contributed by atoms with Crippen molar-refractivity contribution in [2.24, 2.45) is 0 Å². The van der Waals surface area contributed by atoms with Gasteiger partial charge in [-0.2, -0.15) is 0 Å². The minimum Gasteiger partial charge on any atom is -0.493 e. The minimum absolute atomic E-state index is 0.558. The maximum Gasteiger partial charge on any atom is 0.161 e. The Kier molecular flexibility index (Phi) is 4.34. The van der Waals surface area contributed by atoms with Crippen LogP contribution in [0.25, 0.3) is 0 Å². The smallest absolute Gasteiger partial charge is 0.161 e. The van der Waals surface area contributed by atoms with Crippen LogP contribution < -0.4 is 9.47 Å². The number of rotatable bonds is 5. The molecule has 3 nitrogen and oxygen atoms in total. The lowest BCUT2D eigenvalue weighted by molar-refractivity contribution is 0.189. The Hall–Kier alpha value is -2.00. The van der Waals surface area contributed by atoms with E-state index in [1.807, 2.05) is 6.07 Å². The first-order valence-corrected chi connectivity index (χ1v) is 7.70. The fourth-order valence-corrected chi connectivity index (χ4v) is 2.81. The molecule has 116 valence electrons. The second-order valence-electron chi connectivity index (χ2n) is 6.10. The SMILES string of the molecule is COc1cc(C2CN(C)C2)ccc1OCc1ccc(C)cc1. The van der Waals surface area contributed by atoms with E-state index in [1.165, 1.54) is 11.1 Å². The van der Waals surface area contributed by atoms with Crippen LogP contribution in [0.5, 0.6) is 11.5 Å². The molecule has 0 N–H and O–H groups in total. The van der Waals surface area contributed by atoms with Crippen LogP contribution in [0.15, 0.2) is 42.5 Å². The van der Waals surface area contributed by atoms with Crippen molar-refractivity contribution in [1.82, 2.24) is 4.90 Å². The first kappa shape index (κ1) is 14.9. The van der Waals surface area contributed by atoms with Crippen molar-refractivity contribution >= 4 is 0 Å². The Morgan fingerprint density at radius 3 is 2.41 bits per heavy atom. The van der Waals surface area contributed by atoms with Gasteiger partial charge in [0.05, 0.1) is 7.11 Å². The predicted octanol–water partition coefficient (Wildman–Crippen LogP) is 3.61. The van der Waals surface area contributed by atoms with Crippen LogP contribution in [0.1, 0.15) is 22.6 Å². The first-order chi connectivity index (χ1) is 10.7. The summed E-state index contributed by atoms with van der Waals surface area (Å²) in [5.41, 5.74) is 3.76. The van der Waals surface area contributed by atoms with E-state index in [0.29, 0.717) is 12.5 Å². The molecule has 0 amide bonds. The second-order valence-corrected chi connectivity index (χ2v) is 6.10. The summed E-state index contributed by atoms with van der Waals surface area (Å²) in [5.74, 6) is 2.24. The van der Waals surface area contributed by atoms with E-state index in [0.717, 1.165) is 30.2 Å². The standard InChI is InChI=1S/C19H23NO2/c1-14-4-6-15(7-5-14)13-22-18-9-8-16(10-19(18)21-3)17-11-20(2)12-17/h4-10,17H,11-13H2,1-3H3. The summed E-state index contributed by atoms with van der Waals surface area (Å²) in [5, 5.41) is 0. The average molecular weight is 297 g/mol. The summed E-state index contributed by atoms with van der Waals surface area (Å²) in [6, 6.07) is 14.7. The van der Waals surface area contributed by atoms with Crippen LogP contribution in [-0.2, 0) is 6.61 Å². The van der Waals surface area contributed by atoms with Gasteiger partial charge in [-0.25, -0.2) is 0 Å². The Morgan fingerprint density at radius 2 is 1.77 bits per heavy atom. The molecule has 22 heavy (non-hydrogen) atoms. The van der Waals surface area contributed by atoms with Gasteiger partial charge in [0.2, 0.25) is 0 Å². The van der Waals surface area contributed by atoms with E-state index in [4.69, 9.17) is 9.47 Å². The van der Waals surface area contributed by atoms with E-state index in [1.54, 1.807) is 7.11 Å². The number of benzene rings is 2. The molecule has 0 spiro atoms. The highest BCUT2D eigenvalue weighted by Gasteiger charge is 2.25. The van der Waals surface area contributed by atoms with Crippen LogP contribution in [0.2, 0.25) is 0 Å². The summed E-state index contributed by atoms with van der Waals surface area (Å²) in [7, 11) is 3.84. The second kappa shape index (κ2) is 6.41. The number of likely N-dealkylation sites (N-methyl/N-ethyl adjacent to an activating group) is 1. The first-order valence-electron chi connectivity index (χ1n) is 7.70. The summed E-state index contributed by atoms with van der Waals surface area (Å²) < 4.78 is 11.4. The molecule has 2 aromatic rings. The van der Waals surface area contributed by atoms with Gasteiger partial charge in [-0.05, 0) is 37.2 Å². The maximum atomic E-state index is 5.93. The molecular weight excluding hydrogens is 274 g/mol. The molecule has 0 bridgehead atoms. The molecule has 0 aromatic heterocycles. The molecule has 3 rings (SSSR count). The zero-order valence-electron chi connectivity index (χ0n) is 13.5. The lowest BCUT2D eigenvalue weighted by Gasteiger charge is -2.36. The van der Waals surface area contributed by atoms with Crippen molar-refractivity contribution in [2.45, 2.75) is 19.4 Å². The molecule has 1 aliphatic heterocycles. The van der Waals surface area contributed by atoms with Gasteiger partial charge in [0, 0.05) is 19.0 Å². The Bertz CT molecular complexity index is 630. The summed E-state index contributed by atoms with van der Waals surface area (Å²) >= 11 is 0. The van der Waals surface area contributed by atoms with Crippen molar-refractivity contribution < 1.29 is 9.47 Å². The molecule has 1 saturated heterocycles. The molecule has 0 unspecified atom stereocenters. The van der Waals surface area contributed by atoms with Gasteiger partial charge < -0.3 is 14.4 Å². The van der Waals surface area contributed by atoms with Gasteiger partial charge in [0.15, 0.2) is 11.5 Å². The van der Waals surface area contributed by atoms with Crippen molar-refractivity contribution in [1.29, 1.82) is 0 Å². The van der Waals surface area contributed by atoms with Crippen molar-refractivity contribution in [2.75, 3.05) is 27.2 Å². The fraction of sp³-hybridized carbons (Fsp3) is 0.368. The molecule has 1 fully saturated rings. The van der Waals surface area contributed by atoms with E-state index >= 15 is 0 Å². The van der Waals surface area contributed by atoms with Crippen LogP contribution in [0, 0.1) is 6.92 Å². The van der Waals surface area contributed by atoms with E-state index in [2.05, 4.69) is 55.3 Å². The molecule has 2 aromatic carbocycles. The molecule has 3 heteroatoms. The number of hydrogen-bond acceptors (Lipinski definition) is 3. The summed E-state index contributed by atoms with van der Waals surface area (Å²) in [6.07, 6.45) is 0. The van der Waals surface area contributed by atoms with Crippen LogP contribution in [0.4, 0.5) is 0 Å². The van der Waals surface area contributed by atoms with Crippen LogP contribution >= 0.6 is 0 Å². The molecule has 1 heterocycles. The number of aryl methyl sites for hydroxylation is 1. The topological polar surface area (TPSA) is 21.7 Å². The Balaban J connectivity index is 1.69. The summed E-state index contributed by atoms with van der Waals surface area (Å²) in [4.78, 5) is 2.32. The molecule has 0 radical (unpaired) electrons. The zero-order chi connectivity index (χ0) is 15.5. The number of likely N-dealkylation sites (tertiary alicyclic amines) is 1. The highest BCUT2D eigenvalue weighted by Crippen LogP contribution is 2.34. The summed E-state index contributed by atoms with van der Waals surface area (Å²) in [6.45, 7) is 4.88. The van der Waals surface area contributed by atoms with Crippen molar-refractivity contribution in [3.63, 3.8) is 0 Å². The molecule has 0 aliphatic carbocycles. The van der Waals surface area contributed by atoms with Crippen molar-refractivity contribution in [3.05, 3.63) is 59.2 Å². The third-order valence-corrected chi connectivity index (χ3v) is 4.24. The number of ether oxygens (including phenoxy) is 2. The largest absolute Gasteiger partial charge is 0.493 e. The lowest BCUT2D eigenvalue weighted by atomic mass is 9.92. The fourth-order valence-electron chi connectivity index (χ4n) is 2.81. The van der Waals surface area contributed by atoms with Gasteiger partial charge >= 0.3 is 0 Å². The Labute approximate surface area is 132 Å².